The van der Waals surface area contributed by atoms with Gasteiger partial charge in [-0.1, -0.05) is 20.8 Å². The third-order valence-corrected chi connectivity index (χ3v) is 2.40. The average Bonchev–Trinajstić information content (AvgIpc) is 2.86. The van der Waals surface area contributed by atoms with Crippen molar-refractivity contribution in [2.24, 2.45) is 16.1 Å². The van der Waals surface area contributed by atoms with E-state index in [4.69, 9.17) is 5.73 Å². The lowest BCUT2D eigenvalue weighted by Crippen LogP contribution is -2.37. The molecule has 86 valence electrons. The van der Waals surface area contributed by atoms with Crippen molar-refractivity contribution in [3.05, 3.63) is 0 Å². The lowest BCUT2D eigenvalue weighted by atomic mass is 9.95. The van der Waals surface area contributed by atoms with Gasteiger partial charge in [-0.15, -0.1) is 0 Å². The van der Waals surface area contributed by atoms with Crippen molar-refractivity contribution in [3.63, 3.8) is 0 Å². The number of amidine groups is 1. The number of hydrogen-bond acceptors (Lipinski definition) is 2. The summed E-state index contributed by atoms with van der Waals surface area (Å²) >= 11 is 0. The summed E-state index contributed by atoms with van der Waals surface area (Å²) in [6, 6.07) is -0.00386. The zero-order chi connectivity index (χ0) is 11.6. The van der Waals surface area contributed by atoms with Crippen LogP contribution in [0.2, 0.25) is 0 Å². The van der Waals surface area contributed by atoms with Gasteiger partial charge >= 0.3 is 0 Å². The predicted molar refractivity (Wildman–Crippen MR) is 61.7 cm³/mol. The van der Waals surface area contributed by atoms with E-state index in [1.807, 2.05) is 20.8 Å². The molecule has 1 aliphatic carbocycles. The summed E-state index contributed by atoms with van der Waals surface area (Å²) in [5.74, 6) is 0.505. The molecule has 1 amide bonds. The summed E-state index contributed by atoms with van der Waals surface area (Å²) in [6.45, 7) is 7.72. The second kappa shape index (κ2) is 4.21. The third-order valence-electron chi connectivity index (χ3n) is 2.40. The summed E-state index contributed by atoms with van der Waals surface area (Å²) in [7, 11) is 0. The van der Waals surface area contributed by atoms with Gasteiger partial charge in [0.15, 0.2) is 0 Å². The van der Waals surface area contributed by atoms with Crippen molar-refractivity contribution in [2.45, 2.75) is 52.6 Å². The highest BCUT2D eigenvalue weighted by molar-refractivity contribution is 5.90. The number of hydrogen-bond donors (Lipinski definition) is 2. The fourth-order valence-corrected chi connectivity index (χ4v) is 1.01. The van der Waals surface area contributed by atoms with E-state index < -0.39 is 0 Å². The van der Waals surface area contributed by atoms with E-state index in [0.29, 0.717) is 11.9 Å². The van der Waals surface area contributed by atoms with Crippen LogP contribution < -0.4 is 11.1 Å². The summed E-state index contributed by atoms with van der Waals surface area (Å²) in [5.41, 5.74) is 5.63. The van der Waals surface area contributed by atoms with Gasteiger partial charge < -0.3 is 11.1 Å². The molecule has 4 nitrogen and oxygen atoms in total. The topological polar surface area (TPSA) is 67.5 Å². The van der Waals surface area contributed by atoms with Crippen molar-refractivity contribution in [1.29, 1.82) is 0 Å². The number of nitrogens with one attached hydrogen (secondary N) is 1. The largest absolute Gasteiger partial charge is 0.387 e. The molecule has 0 radical (unpaired) electrons. The third kappa shape index (κ3) is 3.90. The quantitative estimate of drug-likeness (QED) is 0.541. The van der Waals surface area contributed by atoms with E-state index in [1.165, 1.54) is 0 Å². The van der Waals surface area contributed by atoms with Crippen molar-refractivity contribution < 1.29 is 4.79 Å². The first-order valence-corrected chi connectivity index (χ1v) is 5.45. The number of rotatable bonds is 3. The maximum absolute atomic E-state index is 11.6. The minimum absolute atomic E-state index is 0.0234. The lowest BCUT2D eigenvalue weighted by molar-refractivity contribution is -0.122. The Morgan fingerprint density at radius 2 is 2.00 bits per heavy atom. The smallest absolute Gasteiger partial charge is 0.244 e. The first kappa shape index (κ1) is 12.0. The monoisotopic (exact) mass is 211 g/mol. The van der Waals surface area contributed by atoms with E-state index in [9.17, 15) is 4.79 Å². The number of carbonyl (C=O) groups excluding carboxylic acids is 1. The molecule has 0 bridgehead atoms. The van der Waals surface area contributed by atoms with Gasteiger partial charge in [-0.3, -0.25) is 9.79 Å². The molecule has 3 N–H and O–H groups in total. The Kier molecular flexibility index (Phi) is 3.37. The van der Waals surface area contributed by atoms with Crippen molar-refractivity contribution in [1.82, 2.24) is 5.32 Å². The zero-order valence-electron chi connectivity index (χ0n) is 10.0. The van der Waals surface area contributed by atoms with Crippen LogP contribution in [0.25, 0.3) is 0 Å². The van der Waals surface area contributed by atoms with Gasteiger partial charge in [-0.2, -0.15) is 0 Å². The molecule has 1 saturated carbocycles. The minimum Gasteiger partial charge on any atom is -0.387 e. The van der Waals surface area contributed by atoms with Crippen LogP contribution in [-0.2, 0) is 4.79 Å². The summed E-state index contributed by atoms with van der Waals surface area (Å²) < 4.78 is 0. The molecule has 0 aromatic carbocycles. The van der Waals surface area contributed by atoms with Gasteiger partial charge in [0.05, 0.1) is 0 Å². The summed E-state index contributed by atoms with van der Waals surface area (Å²) in [6.07, 6.45) is 2.19. The van der Waals surface area contributed by atoms with E-state index in [0.717, 1.165) is 12.8 Å². The molecule has 0 aromatic rings. The number of nitrogens with two attached hydrogens (primary N) is 1. The Bertz CT molecular complexity index is 274. The fourth-order valence-electron chi connectivity index (χ4n) is 1.01. The highest BCUT2D eigenvalue weighted by Crippen LogP contribution is 2.19. The van der Waals surface area contributed by atoms with Crippen LogP contribution in [0.4, 0.5) is 0 Å². The van der Waals surface area contributed by atoms with E-state index >= 15 is 0 Å². The van der Waals surface area contributed by atoms with Gasteiger partial charge in [-0.25, -0.2) is 0 Å². The molecule has 1 fully saturated rings. The Balaban J connectivity index is 2.51. The van der Waals surface area contributed by atoms with Crippen LogP contribution in [0.5, 0.6) is 0 Å². The second-order valence-electron chi connectivity index (χ2n) is 5.22. The van der Waals surface area contributed by atoms with Gasteiger partial charge in [0.1, 0.15) is 11.9 Å². The van der Waals surface area contributed by atoms with Gasteiger partial charge in [-0.05, 0) is 19.8 Å². The molecular formula is C11H21N3O. The highest BCUT2D eigenvalue weighted by Gasteiger charge is 2.26. The van der Waals surface area contributed by atoms with Crippen LogP contribution in [0.3, 0.4) is 0 Å². The molecule has 1 unspecified atom stereocenters. The van der Waals surface area contributed by atoms with Crippen LogP contribution in [0.1, 0.15) is 40.5 Å². The minimum atomic E-state index is -0.384. The van der Waals surface area contributed by atoms with Crippen molar-refractivity contribution >= 4 is 11.7 Å². The first-order valence-electron chi connectivity index (χ1n) is 5.45. The lowest BCUT2D eigenvalue weighted by Gasteiger charge is -2.19. The van der Waals surface area contributed by atoms with Gasteiger partial charge in [0.2, 0.25) is 5.91 Å². The molecule has 0 saturated heterocycles. The Morgan fingerprint density at radius 3 is 2.40 bits per heavy atom. The van der Waals surface area contributed by atoms with Crippen molar-refractivity contribution in [3.8, 4) is 0 Å². The molecule has 0 aliphatic heterocycles. The molecule has 0 aromatic heterocycles. The van der Waals surface area contributed by atoms with Gasteiger partial charge in [0.25, 0.3) is 0 Å². The normalized spacial score (nSPS) is 19.9. The van der Waals surface area contributed by atoms with Gasteiger partial charge in [0, 0.05) is 11.5 Å². The Morgan fingerprint density at radius 1 is 1.47 bits per heavy atom. The molecule has 1 aliphatic rings. The SMILES string of the molecule is CC(N=C(N)C(C)(C)C)C(=O)NC1CC1. The maximum Gasteiger partial charge on any atom is 0.244 e. The average molecular weight is 211 g/mol. The molecule has 1 atom stereocenters. The number of carbonyl (C=O) groups is 1. The second-order valence-corrected chi connectivity index (χ2v) is 5.22. The van der Waals surface area contributed by atoms with E-state index in [2.05, 4.69) is 10.3 Å². The number of nitrogens with zero attached hydrogens (tertiary/aromatic N) is 1. The summed E-state index contributed by atoms with van der Waals surface area (Å²) in [4.78, 5) is 15.8. The molecule has 0 spiro atoms. The van der Waals surface area contributed by atoms with E-state index in [1.54, 1.807) is 6.92 Å². The molecule has 15 heavy (non-hydrogen) atoms. The summed E-state index contributed by atoms with van der Waals surface area (Å²) in [5, 5.41) is 2.91. The Hall–Kier alpha value is -1.06. The predicted octanol–water partition coefficient (Wildman–Crippen LogP) is 1.06. The van der Waals surface area contributed by atoms with Crippen molar-refractivity contribution in [2.75, 3.05) is 0 Å². The molecule has 0 heterocycles. The molecule has 4 heteroatoms. The first-order chi connectivity index (χ1) is 6.80. The van der Waals surface area contributed by atoms with Crippen LogP contribution in [-0.4, -0.2) is 23.8 Å². The van der Waals surface area contributed by atoms with Crippen LogP contribution in [0.15, 0.2) is 4.99 Å². The zero-order valence-corrected chi connectivity index (χ0v) is 10.0. The van der Waals surface area contributed by atoms with Crippen LogP contribution >= 0.6 is 0 Å². The molecule has 1 rings (SSSR count). The maximum atomic E-state index is 11.6. The fraction of sp³-hybridized carbons (Fsp3) is 0.818. The molecular weight excluding hydrogens is 190 g/mol. The number of aliphatic imine (C=N–C) groups is 1. The van der Waals surface area contributed by atoms with E-state index in [-0.39, 0.29) is 17.4 Å². The highest BCUT2D eigenvalue weighted by atomic mass is 16.2. The van der Waals surface area contributed by atoms with Crippen LogP contribution in [0, 0.1) is 5.41 Å². The Labute approximate surface area is 91.3 Å². The standard InChI is InChI=1S/C11H21N3O/c1-7(9(15)14-8-5-6-8)13-10(12)11(2,3)4/h7-8H,5-6H2,1-4H3,(H2,12,13)(H,14,15). The number of amides is 1.